The molecule has 0 heterocycles. The lowest BCUT2D eigenvalue weighted by molar-refractivity contribution is -0.385. The number of hydrogen-bond acceptors (Lipinski definition) is 4. The van der Waals surface area contributed by atoms with E-state index in [1.54, 1.807) is 19.9 Å². The quantitative estimate of drug-likeness (QED) is 0.669. The van der Waals surface area contributed by atoms with Crippen molar-refractivity contribution < 1.29 is 14.5 Å². The Morgan fingerprint density at radius 3 is 2.83 bits per heavy atom. The number of benzene rings is 1. The van der Waals surface area contributed by atoms with Crippen LogP contribution in [0.5, 0.6) is 0 Å². The molecule has 98 valence electrons. The highest BCUT2D eigenvalue weighted by Crippen LogP contribution is 2.27. The summed E-state index contributed by atoms with van der Waals surface area (Å²) in [5, 5.41) is 13.3. The third-order valence-electron chi connectivity index (χ3n) is 2.20. The Morgan fingerprint density at radius 1 is 1.61 bits per heavy atom. The van der Waals surface area contributed by atoms with E-state index in [1.807, 2.05) is 0 Å². The highest BCUT2D eigenvalue weighted by atomic mass is 79.9. The van der Waals surface area contributed by atoms with E-state index in [-0.39, 0.29) is 11.6 Å². The minimum atomic E-state index is -0.599. The third kappa shape index (κ3) is 3.78. The van der Waals surface area contributed by atoms with Gasteiger partial charge in [-0.2, -0.15) is 0 Å². The molecule has 18 heavy (non-hydrogen) atoms. The van der Waals surface area contributed by atoms with Gasteiger partial charge in [-0.3, -0.25) is 14.9 Å². The molecule has 0 bridgehead atoms. The average molecular weight is 317 g/mol. The summed E-state index contributed by atoms with van der Waals surface area (Å²) >= 11 is 3.07. The maximum Gasteiger partial charge on any atom is 0.285 e. The van der Waals surface area contributed by atoms with E-state index in [0.717, 1.165) is 0 Å². The summed E-state index contributed by atoms with van der Waals surface area (Å²) < 4.78 is 5.49. The van der Waals surface area contributed by atoms with Gasteiger partial charge in [0.2, 0.25) is 0 Å². The van der Waals surface area contributed by atoms with Crippen LogP contribution >= 0.6 is 15.9 Å². The molecule has 1 N–H and O–H groups in total. The number of nitro groups is 1. The number of ether oxygens (including phenoxy) is 1. The molecule has 0 aromatic heterocycles. The summed E-state index contributed by atoms with van der Waals surface area (Å²) in [5.74, 6) is -0.339. The van der Waals surface area contributed by atoms with Gasteiger partial charge >= 0.3 is 0 Å². The first kappa shape index (κ1) is 14.6. The number of amides is 1. The molecule has 0 radical (unpaired) electrons. The lowest BCUT2D eigenvalue weighted by atomic mass is 10.2. The van der Waals surface area contributed by atoms with Gasteiger partial charge in [-0.15, -0.1) is 0 Å². The second-order valence-corrected chi connectivity index (χ2v) is 4.36. The number of nitro benzene ring substituents is 1. The van der Waals surface area contributed by atoms with Crippen LogP contribution in [0.3, 0.4) is 0 Å². The number of carbonyl (C=O) groups excluding carboxylic acids is 1. The molecular weight excluding hydrogens is 304 g/mol. The van der Waals surface area contributed by atoms with E-state index in [1.165, 1.54) is 12.1 Å². The van der Waals surface area contributed by atoms with E-state index in [4.69, 9.17) is 4.74 Å². The number of hydrogen-bond donors (Lipinski definition) is 1. The third-order valence-corrected chi connectivity index (χ3v) is 2.87. The largest absolute Gasteiger partial charge is 0.369 e. The van der Waals surface area contributed by atoms with E-state index in [9.17, 15) is 14.9 Å². The number of nitrogens with zero attached hydrogens (tertiary/aromatic N) is 1. The second kappa shape index (κ2) is 6.46. The molecule has 1 atom stereocenters. The van der Waals surface area contributed by atoms with Crippen molar-refractivity contribution in [1.29, 1.82) is 0 Å². The fraction of sp³-hybridized carbons (Fsp3) is 0.364. The van der Waals surface area contributed by atoms with Crippen LogP contribution < -0.4 is 5.32 Å². The van der Waals surface area contributed by atoms with E-state index in [2.05, 4.69) is 21.2 Å². The minimum absolute atomic E-state index is 0.100. The fourth-order valence-electron chi connectivity index (χ4n) is 1.30. The van der Waals surface area contributed by atoms with Gasteiger partial charge in [0.1, 0.15) is 6.10 Å². The lowest BCUT2D eigenvalue weighted by Crippen LogP contribution is -2.27. The normalized spacial score (nSPS) is 11.9. The van der Waals surface area contributed by atoms with Crippen molar-refractivity contribution in [2.24, 2.45) is 0 Å². The van der Waals surface area contributed by atoms with Crippen molar-refractivity contribution in [3.63, 3.8) is 0 Å². The first-order chi connectivity index (χ1) is 8.45. The molecule has 0 saturated carbocycles. The van der Waals surface area contributed by atoms with Crippen molar-refractivity contribution in [3.05, 3.63) is 32.8 Å². The van der Waals surface area contributed by atoms with Crippen LogP contribution in [0.25, 0.3) is 0 Å². The van der Waals surface area contributed by atoms with Crippen LogP contribution in [0, 0.1) is 10.1 Å². The Bertz CT molecular complexity index is 464. The van der Waals surface area contributed by atoms with E-state index < -0.39 is 11.0 Å². The summed E-state index contributed by atoms with van der Waals surface area (Å²) in [6, 6.07) is 4.38. The van der Waals surface area contributed by atoms with Gasteiger partial charge in [0.25, 0.3) is 11.6 Å². The monoisotopic (exact) mass is 316 g/mol. The van der Waals surface area contributed by atoms with Gasteiger partial charge in [-0.25, -0.2) is 0 Å². The van der Waals surface area contributed by atoms with Crippen molar-refractivity contribution in [2.75, 3.05) is 11.9 Å². The van der Waals surface area contributed by atoms with Gasteiger partial charge in [0, 0.05) is 18.4 Å². The van der Waals surface area contributed by atoms with Crippen molar-refractivity contribution in [2.45, 2.75) is 20.0 Å². The molecule has 6 nitrogen and oxygen atoms in total. The predicted octanol–water partition coefficient (Wildman–Crippen LogP) is 2.72. The molecule has 0 spiro atoms. The smallest absolute Gasteiger partial charge is 0.285 e. The van der Waals surface area contributed by atoms with Crippen molar-refractivity contribution in [3.8, 4) is 0 Å². The molecule has 0 saturated heterocycles. The van der Waals surface area contributed by atoms with E-state index in [0.29, 0.717) is 16.8 Å². The highest BCUT2D eigenvalue weighted by molar-refractivity contribution is 9.10. The molecular formula is C11H13BrN2O4. The first-order valence-corrected chi connectivity index (χ1v) is 6.11. The van der Waals surface area contributed by atoms with Gasteiger partial charge in [-0.05, 0) is 41.9 Å². The Morgan fingerprint density at radius 2 is 2.28 bits per heavy atom. The molecule has 1 aromatic rings. The minimum Gasteiger partial charge on any atom is -0.369 e. The molecule has 0 aliphatic heterocycles. The van der Waals surface area contributed by atoms with Crippen LogP contribution in [-0.2, 0) is 9.53 Å². The highest BCUT2D eigenvalue weighted by Gasteiger charge is 2.16. The van der Waals surface area contributed by atoms with Crippen molar-refractivity contribution >= 4 is 33.2 Å². The SMILES string of the molecule is CCOC(C)C(=O)Nc1ccc(Br)c([N+](=O)[O-])c1. The topological polar surface area (TPSA) is 81.5 Å². The van der Waals surface area contributed by atoms with Crippen LogP contribution in [0.4, 0.5) is 11.4 Å². The van der Waals surface area contributed by atoms with Crippen LogP contribution in [0.15, 0.2) is 22.7 Å². The summed E-state index contributed by atoms with van der Waals surface area (Å²) in [6.45, 7) is 3.83. The summed E-state index contributed by atoms with van der Waals surface area (Å²) in [5.41, 5.74) is 0.262. The van der Waals surface area contributed by atoms with Crippen molar-refractivity contribution in [1.82, 2.24) is 0 Å². The number of carbonyl (C=O) groups is 1. The Kier molecular flexibility index (Phi) is 5.24. The summed E-state index contributed by atoms with van der Waals surface area (Å²) in [7, 11) is 0. The maximum atomic E-state index is 11.7. The van der Waals surface area contributed by atoms with Crippen LogP contribution in [-0.4, -0.2) is 23.5 Å². The molecule has 0 fully saturated rings. The fourth-order valence-corrected chi connectivity index (χ4v) is 1.69. The first-order valence-electron chi connectivity index (χ1n) is 5.32. The molecule has 7 heteroatoms. The number of rotatable bonds is 5. The zero-order valence-corrected chi connectivity index (χ0v) is 11.6. The zero-order valence-electron chi connectivity index (χ0n) is 9.97. The van der Waals surface area contributed by atoms with Gasteiger partial charge in [0.15, 0.2) is 0 Å². The standard InChI is InChI=1S/C11H13BrN2O4/c1-3-18-7(2)11(15)13-8-4-5-9(12)10(6-8)14(16)17/h4-7H,3H2,1-2H3,(H,13,15). The summed E-state index contributed by atoms with van der Waals surface area (Å²) in [6.07, 6.45) is -0.599. The lowest BCUT2D eigenvalue weighted by Gasteiger charge is -2.12. The number of halogens is 1. The van der Waals surface area contributed by atoms with Gasteiger partial charge < -0.3 is 10.1 Å². The van der Waals surface area contributed by atoms with Gasteiger partial charge in [0.05, 0.1) is 9.40 Å². The molecule has 1 aromatic carbocycles. The second-order valence-electron chi connectivity index (χ2n) is 3.51. The van der Waals surface area contributed by atoms with Crippen LogP contribution in [0.2, 0.25) is 0 Å². The average Bonchev–Trinajstić information content (AvgIpc) is 2.31. The molecule has 0 aliphatic rings. The molecule has 1 unspecified atom stereocenters. The summed E-state index contributed by atoms with van der Waals surface area (Å²) in [4.78, 5) is 21.9. The Labute approximate surface area is 113 Å². The predicted molar refractivity (Wildman–Crippen MR) is 70.5 cm³/mol. The van der Waals surface area contributed by atoms with E-state index >= 15 is 0 Å². The maximum absolute atomic E-state index is 11.7. The molecule has 0 aliphatic carbocycles. The Balaban J connectivity index is 2.82. The Hall–Kier alpha value is -1.47. The van der Waals surface area contributed by atoms with Gasteiger partial charge in [-0.1, -0.05) is 0 Å². The zero-order chi connectivity index (χ0) is 13.7. The van der Waals surface area contributed by atoms with Crippen LogP contribution in [0.1, 0.15) is 13.8 Å². The molecule has 1 rings (SSSR count). The number of nitrogens with one attached hydrogen (secondary N) is 1. The molecule has 1 amide bonds. The number of anilines is 1.